The van der Waals surface area contributed by atoms with E-state index in [1.807, 2.05) is 25.6 Å². The second-order valence-electron chi connectivity index (χ2n) is 5.18. The number of benzene rings is 1. The van der Waals surface area contributed by atoms with Gasteiger partial charge in [-0.1, -0.05) is 0 Å². The number of hydrogen-bond acceptors (Lipinski definition) is 3. The lowest BCUT2D eigenvalue weighted by Gasteiger charge is -2.08. The molecule has 0 fully saturated rings. The predicted octanol–water partition coefficient (Wildman–Crippen LogP) is 2.89. The van der Waals surface area contributed by atoms with Gasteiger partial charge in [0, 0.05) is 12.7 Å². The normalized spacial score (nSPS) is 10.7. The largest absolute Gasteiger partial charge is 0.490 e. The number of halogens is 1. The molecule has 1 aromatic carbocycles. The highest BCUT2D eigenvalue weighted by Crippen LogP contribution is 2.20. The first-order valence-electron chi connectivity index (χ1n) is 7.05. The van der Waals surface area contributed by atoms with Crippen LogP contribution in [-0.4, -0.2) is 27.5 Å². The summed E-state index contributed by atoms with van der Waals surface area (Å²) in [6.45, 7) is 4.28. The number of nitrogens with zero attached hydrogens (tertiary/aromatic N) is 2. The first kappa shape index (κ1) is 16.0. The van der Waals surface area contributed by atoms with Crippen molar-refractivity contribution in [2.75, 3.05) is 6.61 Å². The van der Waals surface area contributed by atoms with Crippen LogP contribution in [0.15, 0.2) is 18.2 Å². The van der Waals surface area contributed by atoms with Gasteiger partial charge in [-0.15, -0.1) is 0 Å². The Morgan fingerprint density at radius 1 is 1.41 bits per heavy atom. The molecule has 2 aromatic rings. The third-order valence-electron chi connectivity index (χ3n) is 3.67. The van der Waals surface area contributed by atoms with Crippen LogP contribution in [0.5, 0.6) is 5.75 Å². The van der Waals surface area contributed by atoms with Gasteiger partial charge in [-0.3, -0.25) is 4.68 Å². The van der Waals surface area contributed by atoms with Crippen molar-refractivity contribution in [3.05, 3.63) is 46.5 Å². The topological polar surface area (TPSA) is 64.4 Å². The molecular weight excluding hydrogens is 287 g/mol. The quantitative estimate of drug-likeness (QED) is 0.834. The van der Waals surface area contributed by atoms with E-state index in [0.29, 0.717) is 13.0 Å². The third-order valence-corrected chi connectivity index (χ3v) is 3.67. The van der Waals surface area contributed by atoms with Crippen molar-refractivity contribution in [1.29, 1.82) is 0 Å². The van der Waals surface area contributed by atoms with Crippen LogP contribution in [0.2, 0.25) is 0 Å². The van der Waals surface area contributed by atoms with E-state index in [1.54, 1.807) is 0 Å². The summed E-state index contributed by atoms with van der Waals surface area (Å²) in [6.07, 6.45) is 1.48. The Bertz CT molecular complexity index is 695. The van der Waals surface area contributed by atoms with Gasteiger partial charge in [0.1, 0.15) is 0 Å². The molecule has 0 aliphatic heterocycles. The van der Waals surface area contributed by atoms with E-state index in [9.17, 15) is 9.18 Å². The second-order valence-corrected chi connectivity index (χ2v) is 5.18. The van der Waals surface area contributed by atoms with E-state index in [1.165, 1.54) is 17.7 Å². The predicted molar refractivity (Wildman–Crippen MR) is 79.9 cm³/mol. The lowest BCUT2D eigenvalue weighted by Crippen LogP contribution is -2.04. The van der Waals surface area contributed by atoms with Crippen LogP contribution in [0.4, 0.5) is 4.39 Å². The minimum Gasteiger partial charge on any atom is -0.490 e. The van der Waals surface area contributed by atoms with Crippen LogP contribution in [0, 0.1) is 19.7 Å². The molecule has 22 heavy (non-hydrogen) atoms. The summed E-state index contributed by atoms with van der Waals surface area (Å²) in [5, 5.41) is 13.2. The molecule has 1 aromatic heterocycles. The Morgan fingerprint density at radius 2 is 2.14 bits per heavy atom. The summed E-state index contributed by atoms with van der Waals surface area (Å²) in [4.78, 5) is 10.9. The zero-order chi connectivity index (χ0) is 16.3. The minimum absolute atomic E-state index is 0.00958. The zero-order valence-corrected chi connectivity index (χ0v) is 12.9. The van der Waals surface area contributed by atoms with Crippen LogP contribution >= 0.6 is 0 Å². The summed E-state index contributed by atoms with van der Waals surface area (Å²) in [5.74, 6) is -1.69. The lowest BCUT2D eigenvalue weighted by molar-refractivity contribution is 0.0696. The molecule has 0 amide bonds. The number of aryl methyl sites for hydroxylation is 2. The first-order valence-corrected chi connectivity index (χ1v) is 7.05. The summed E-state index contributed by atoms with van der Waals surface area (Å²) in [5.41, 5.74) is 3.27. The molecule has 0 aliphatic rings. The third kappa shape index (κ3) is 3.44. The number of ether oxygens (including phenoxy) is 1. The average molecular weight is 306 g/mol. The molecule has 5 nitrogen and oxygen atoms in total. The highest BCUT2D eigenvalue weighted by Gasteiger charge is 2.11. The lowest BCUT2D eigenvalue weighted by atomic mass is 10.1. The number of rotatable bonds is 6. The Morgan fingerprint density at radius 3 is 2.73 bits per heavy atom. The maximum Gasteiger partial charge on any atom is 0.335 e. The molecule has 0 bridgehead atoms. The summed E-state index contributed by atoms with van der Waals surface area (Å²) >= 11 is 0. The molecule has 2 rings (SSSR count). The van der Waals surface area contributed by atoms with Gasteiger partial charge in [0.25, 0.3) is 0 Å². The Hall–Kier alpha value is -2.37. The molecule has 0 radical (unpaired) electrons. The summed E-state index contributed by atoms with van der Waals surface area (Å²) in [6, 6.07) is 3.53. The molecule has 0 unspecified atom stereocenters. The van der Waals surface area contributed by atoms with E-state index in [2.05, 4.69) is 5.10 Å². The maximum atomic E-state index is 13.6. The van der Waals surface area contributed by atoms with Crippen molar-refractivity contribution < 1.29 is 19.0 Å². The van der Waals surface area contributed by atoms with Crippen LogP contribution in [0.25, 0.3) is 0 Å². The first-order chi connectivity index (χ1) is 10.4. The van der Waals surface area contributed by atoms with E-state index >= 15 is 0 Å². The van der Waals surface area contributed by atoms with Crippen molar-refractivity contribution in [1.82, 2.24) is 9.78 Å². The fourth-order valence-corrected chi connectivity index (χ4v) is 2.36. The van der Waals surface area contributed by atoms with Crippen LogP contribution in [-0.2, 0) is 13.5 Å². The maximum absolute atomic E-state index is 13.6. The number of carboxylic acid groups (broad SMARTS) is 1. The second kappa shape index (κ2) is 6.60. The molecule has 0 saturated heterocycles. The van der Waals surface area contributed by atoms with Gasteiger partial charge in [0.15, 0.2) is 11.6 Å². The summed E-state index contributed by atoms with van der Waals surface area (Å²) in [7, 11) is 1.90. The molecule has 0 aliphatic carbocycles. The molecule has 6 heteroatoms. The van der Waals surface area contributed by atoms with E-state index in [4.69, 9.17) is 9.84 Å². The minimum atomic E-state index is -1.11. The van der Waals surface area contributed by atoms with Crippen molar-refractivity contribution in [2.24, 2.45) is 7.05 Å². The average Bonchev–Trinajstić information content (AvgIpc) is 2.70. The number of aromatic carboxylic acids is 1. The zero-order valence-electron chi connectivity index (χ0n) is 12.9. The van der Waals surface area contributed by atoms with Gasteiger partial charge in [-0.05, 0) is 50.5 Å². The molecular formula is C16H19FN2O3. The molecule has 0 spiro atoms. The van der Waals surface area contributed by atoms with Crippen molar-refractivity contribution in [2.45, 2.75) is 26.7 Å². The highest BCUT2D eigenvalue weighted by molar-refractivity contribution is 5.88. The van der Waals surface area contributed by atoms with Gasteiger partial charge in [-0.25, -0.2) is 9.18 Å². The van der Waals surface area contributed by atoms with E-state index in [0.717, 1.165) is 23.9 Å². The molecule has 1 N–H and O–H groups in total. The SMILES string of the molecule is Cc1nn(C)c(C)c1CCCOc1cc(C(=O)O)ccc1F. The smallest absolute Gasteiger partial charge is 0.335 e. The van der Waals surface area contributed by atoms with Gasteiger partial charge in [-0.2, -0.15) is 5.10 Å². The number of hydrogen-bond donors (Lipinski definition) is 1. The standard InChI is InChI=1S/C16H19FN2O3/c1-10-13(11(2)19(3)18-10)5-4-8-22-15-9-12(16(20)21)6-7-14(15)17/h6-7,9H,4-5,8H2,1-3H3,(H,20,21). The fourth-order valence-electron chi connectivity index (χ4n) is 2.36. The number of carbonyl (C=O) groups is 1. The summed E-state index contributed by atoms with van der Waals surface area (Å²) < 4.78 is 20.8. The van der Waals surface area contributed by atoms with E-state index < -0.39 is 11.8 Å². The monoisotopic (exact) mass is 306 g/mol. The van der Waals surface area contributed by atoms with Gasteiger partial charge in [0.05, 0.1) is 17.9 Å². The van der Waals surface area contributed by atoms with E-state index in [-0.39, 0.29) is 11.3 Å². The van der Waals surface area contributed by atoms with Gasteiger partial charge in [0.2, 0.25) is 0 Å². The van der Waals surface area contributed by atoms with Crippen molar-refractivity contribution in [3.8, 4) is 5.75 Å². The van der Waals surface area contributed by atoms with Crippen LogP contribution < -0.4 is 4.74 Å². The fraction of sp³-hybridized carbons (Fsp3) is 0.375. The number of carboxylic acids is 1. The molecule has 1 heterocycles. The van der Waals surface area contributed by atoms with Gasteiger partial charge >= 0.3 is 5.97 Å². The Labute approximate surface area is 128 Å². The molecule has 118 valence electrons. The highest BCUT2D eigenvalue weighted by atomic mass is 19.1. The number of aromatic nitrogens is 2. The van der Waals surface area contributed by atoms with Crippen LogP contribution in [0.1, 0.15) is 33.7 Å². The Kier molecular flexibility index (Phi) is 4.80. The van der Waals surface area contributed by atoms with Crippen molar-refractivity contribution in [3.63, 3.8) is 0 Å². The van der Waals surface area contributed by atoms with Crippen molar-refractivity contribution >= 4 is 5.97 Å². The van der Waals surface area contributed by atoms with Crippen LogP contribution in [0.3, 0.4) is 0 Å². The Balaban J connectivity index is 1.94. The molecule has 0 atom stereocenters. The molecule has 0 saturated carbocycles. The van der Waals surface area contributed by atoms with Gasteiger partial charge < -0.3 is 9.84 Å².